The Morgan fingerprint density at radius 3 is 2.94 bits per heavy atom. The number of rotatable bonds is 4. The van der Waals surface area contributed by atoms with Crippen LogP contribution in [0.3, 0.4) is 0 Å². The van der Waals surface area contributed by atoms with Gasteiger partial charge in [-0.05, 0) is 36.0 Å². The summed E-state index contributed by atoms with van der Waals surface area (Å²) in [5.74, 6) is 0. The predicted molar refractivity (Wildman–Crippen MR) is 68.4 cm³/mol. The van der Waals surface area contributed by atoms with E-state index in [1.807, 2.05) is 18.0 Å². The Morgan fingerprint density at radius 2 is 2.33 bits per heavy atom. The van der Waals surface area contributed by atoms with E-state index in [9.17, 15) is 9.70 Å². The number of hydrazine groups is 1. The highest BCUT2D eigenvalue weighted by Gasteiger charge is 2.17. The number of allylic oxidation sites excluding steroid dienone is 1. The predicted octanol–water partition coefficient (Wildman–Crippen LogP) is 1.29. The summed E-state index contributed by atoms with van der Waals surface area (Å²) in [6.07, 6.45) is 2.50. The van der Waals surface area contributed by atoms with Crippen LogP contribution in [-0.4, -0.2) is 36.6 Å². The Kier molecular flexibility index (Phi) is 3.81. The second-order valence-electron chi connectivity index (χ2n) is 4.12. The molecule has 0 atom stereocenters. The molecule has 1 heterocycles. The van der Waals surface area contributed by atoms with Crippen LogP contribution in [-0.2, 0) is 4.79 Å². The van der Waals surface area contributed by atoms with E-state index in [-0.39, 0.29) is 0 Å². The zero-order valence-electron chi connectivity index (χ0n) is 10.0. The maximum absolute atomic E-state index is 11.1. The van der Waals surface area contributed by atoms with Crippen molar-refractivity contribution < 1.29 is 4.79 Å². The molecular formula is C12H14N4O2. The number of hydrogen-bond acceptors (Lipinski definition) is 6. The molecule has 0 aromatic heterocycles. The Labute approximate surface area is 105 Å². The van der Waals surface area contributed by atoms with Gasteiger partial charge in [0.1, 0.15) is 5.69 Å². The van der Waals surface area contributed by atoms with E-state index >= 15 is 0 Å². The first-order valence-electron chi connectivity index (χ1n) is 5.53. The topological polar surface area (TPSA) is 65.0 Å². The van der Waals surface area contributed by atoms with Crippen molar-refractivity contribution in [3.63, 3.8) is 0 Å². The van der Waals surface area contributed by atoms with Crippen LogP contribution in [0.4, 0.5) is 5.69 Å². The first-order chi connectivity index (χ1) is 8.72. The molecule has 2 rings (SSSR count). The van der Waals surface area contributed by atoms with Crippen molar-refractivity contribution in [1.82, 2.24) is 15.3 Å². The number of carbonyl (C=O) groups is 1. The number of carbonyl (C=O) groups excluding carboxylic acids is 1. The van der Waals surface area contributed by atoms with Crippen LogP contribution in [0.1, 0.15) is 5.56 Å². The fourth-order valence-corrected chi connectivity index (χ4v) is 1.74. The highest BCUT2D eigenvalue weighted by Crippen LogP contribution is 2.17. The molecule has 1 aromatic carbocycles. The molecule has 0 spiro atoms. The second-order valence-corrected chi connectivity index (χ2v) is 4.12. The summed E-state index contributed by atoms with van der Waals surface area (Å²) in [4.78, 5) is 23.6. The van der Waals surface area contributed by atoms with Crippen LogP contribution in [0, 0.1) is 4.91 Å². The van der Waals surface area contributed by atoms with Gasteiger partial charge in [-0.3, -0.25) is 14.7 Å². The van der Waals surface area contributed by atoms with E-state index in [4.69, 9.17) is 0 Å². The van der Waals surface area contributed by atoms with E-state index in [2.05, 4.69) is 10.6 Å². The first kappa shape index (κ1) is 12.4. The molecule has 1 aliphatic rings. The SMILES string of the molecule is CN1CNN(/C(C=O)=C\c2cccc(N=O)c2)C1. The largest absolute Gasteiger partial charge is 0.296 e. The van der Waals surface area contributed by atoms with Gasteiger partial charge in [0, 0.05) is 0 Å². The monoisotopic (exact) mass is 246 g/mol. The summed E-state index contributed by atoms with van der Waals surface area (Å²) < 4.78 is 0. The Bertz CT molecular complexity index is 487. The summed E-state index contributed by atoms with van der Waals surface area (Å²) >= 11 is 0. The average molecular weight is 246 g/mol. The van der Waals surface area contributed by atoms with Crippen LogP contribution in [0.15, 0.2) is 35.1 Å². The lowest BCUT2D eigenvalue weighted by Crippen LogP contribution is -2.30. The molecular weight excluding hydrogens is 232 g/mol. The van der Waals surface area contributed by atoms with Crippen molar-refractivity contribution in [3.8, 4) is 0 Å². The fraction of sp³-hybridized carbons (Fsp3) is 0.250. The van der Waals surface area contributed by atoms with Gasteiger partial charge in [0.2, 0.25) is 0 Å². The van der Waals surface area contributed by atoms with Crippen LogP contribution in [0.5, 0.6) is 0 Å². The number of nitrogens with zero attached hydrogens (tertiary/aromatic N) is 3. The molecule has 0 aliphatic carbocycles. The number of aldehydes is 1. The van der Waals surface area contributed by atoms with Gasteiger partial charge in [0.15, 0.2) is 6.29 Å². The molecule has 1 fully saturated rings. The van der Waals surface area contributed by atoms with Gasteiger partial charge < -0.3 is 0 Å². The van der Waals surface area contributed by atoms with Crippen molar-refractivity contribution in [3.05, 3.63) is 40.4 Å². The van der Waals surface area contributed by atoms with Crippen molar-refractivity contribution >= 4 is 18.0 Å². The van der Waals surface area contributed by atoms with E-state index < -0.39 is 0 Å². The normalized spacial score (nSPS) is 16.9. The van der Waals surface area contributed by atoms with Crippen molar-refractivity contribution in [1.29, 1.82) is 0 Å². The van der Waals surface area contributed by atoms with Crippen molar-refractivity contribution in [2.24, 2.45) is 5.18 Å². The summed E-state index contributed by atoms with van der Waals surface area (Å²) in [5.41, 5.74) is 4.71. The minimum Gasteiger partial charge on any atom is -0.296 e. The number of benzene rings is 1. The number of hydrogen-bond donors (Lipinski definition) is 1. The minimum atomic E-state index is 0.348. The third-order valence-electron chi connectivity index (χ3n) is 2.64. The van der Waals surface area contributed by atoms with E-state index in [1.54, 1.807) is 29.3 Å². The lowest BCUT2D eigenvalue weighted by molar-refractivity contribution is -0.106. The lowest BCUT2D eigenvalue weighted by atomic mass is 10.2. The second kappa shape index (κ2) is 5.52. The van der Waals surface area contributed by atoms with Crippen LogP contribution >= 0.6 is 0 Å². The zero-order chi connectivity index (χ0) is 13.0. The molecule has 6 heteroatoms. The van der Waals surface area contributed by atoms with Gasteiger partial charge in [-0.1, -0.05) is 12.1 Å². The molecule has 1 aliphatic heterocycles. The van der Waals surface area contributed by atoms with E-state index in [1.165, 1.54) is 0 Å². The Hall–Kier alpha value is -2.05. The molecule has 0 radical (unpaired) electrons. The van der Waals surface area contributed by atoms with Gasteiger partial charge >= 0.3 is 0 Å². The van der Waals surface area contributed by atoms with Crippen molar-refractivity contribution in [2.45, 2.75) is 0 Å². The molecule has 94 valence electrons. The number of nitrogens with one attached hydrogen (secondary N) is 1. The van der Waals surface area contributed by atoms with Gasteiger partial charge in [0.05, 0.1) is 19.0 Å². The summed E-state index contributed by atoms with van der Waals surface area (Å²) in [5, 5.41) is 4.63. The molecule has 0 saturated carbocycles. The fourth-order valence-electron chi connectivity index (χ4n) is 1.74. The standard InChI is InChI=1S/C12H14N4O2/c1-15-8-13-16(9-15)12(7-17)6-10-3-2-4-11(5-10)14-18/h2-7,13H,8-9H2,1H3/b12-6-. The van der Waals surface area contributed by atoms with Crippen LogP contribution < -0.4 is 5.43 Å². The van der Waals surface area contributed by atoms with E-state index in [0.717, 1.165) is 11.8 Å². The van der Waals surface area contributed by atoms with Gasteiger partial charge in [-0.25, -0.2) is 5.43 Å². The van der Waals surface area contributed by atoms with Crippen molar-refractivity contribution in [2.75, 3.05) is 20.4 Å². The highest BCUT2D eigenvalue weighted by molar-refractivity contribution is 5.81. The summed E-state index contributed by atoms with van der Waals surface area (Å²) in [6, 6.07) is 6.80. The maximum Gasteiger partial charge on any atom is 0.167 e. The molecule has 1 N–H and O–H groups in total. The molecule has 1 saturated heterocycles. The first-order valence-corrected chi connectivity index (χ1v) is 5.53. The quantitative estimate of drug-likeness (QED) is 0.492. The smallest absolute Gasteiger partial charge is 0.167 e. The minimum absolute atomic E-state index is 0.348. The molecule has 0 amide bonds. The average Bonchev–Trinajstić information content (AvgIpc) is 2.82. The highest BCUT2D eigenvalue weighted by atomic mass is 16.3. The molecule has 18 heavy (non-hydrogen) atoms. The molecule has 0 unspecified atom stereocenters. The maximum atomic E-state index is 11.1. The van der Waals surface area contributed by atoms with Gasteiger partial charge in [0.25, 0.3) is 0 Å². The molecule has 6 nitrogen and oxygen atoms in total. The van der Waals surface area contributed by atoms with Gasteiger partial charge in [-0.2, -0.15) is 0 Å². The Morgan fingerprint density at radius 1 is 1.50 bits per heavy atom. The van der Waals surface area contributed by atoms with Gasteiger partial charge in [-0.15, -0.1) is 4.91 Å². The molecule has 0 bridgehead atoms. The third kappa shape index (κ3) is 2.79. The van der Waals surface area contributed by atoms with E-state index in [0.29, 0.717) is 24.7 Å². The summed E-state index contributed by atoms with van der Waals surface area (Å²) in [6.45, 7) is 1.33. The lowest BCUT2D eigenvalue weighted by Gasteiger charge is -2.16. The zero-order valence-corrected chi connectivity index (χ0v) is 10.0. The van der Waals surface area contributed by atoms with Crippen LogP contribution in [0.2, 0.25) is 0 Å². The third-order valence-corrected chi connectivity index (χ3v) is 2.64. The summed E-state index contributed by atoms with van der Waals surface area (Å²) in [7, 11) is 1.95. The molecule has 1 aromatic rings. The Balaban J connectivity index is 2.23. The number of nitroso groups, excluding NO2 is 1. The van der Waals surface area contributed by atoms with Crippen LogP contribution in [0.25, 0.3) is 6.08 Å².